The van der Waals surface area contributed by atoms with E-state index in [4.69, 9.17) is 10.5 Å². The van der Waals surface area contributed by atoms with Gasteiger partial charge < -0.3 is 20.7 Å². The maximum atomic E-state index is 12.9. The minimum Gasteiger partial charge on any atom is -0.466 e. The van der Waals surface area contributed by atoms with E-state index < -0.39 is 0 Å². The number of ether oxygens (including phenoxy) is 1. The van der Waals surface area contributed by atoms with Crippen LogP contribution in [0.2, 0.25) is 0 Å². The summed E-state index contributed by atoms with van der Waals surface area (Å²) in [4.78, 5) is 38.5. The molecule has 1 fully saturated rings. The predicted octanol–water partition coefficient (Wildman–Crippen LogP) is 0.804. The van der Waals surface area contributed by atoms with Gasteiger partial charge in [-0.1, -0.05) is 0 Å². The van der Waals surface area contributed by atoms with Gasteiger partial charge in [0.15, 0.2) is 6.61 Å². The van der Waals surface area contributed by atoms with Gasteiger partial charge in [-0.25, -0.2) is 15.0 Å². The molecule has 3 N–H and O–H groups in total. The molecule has 2 aromatic heterocycles. The van der Waals surface area contributed by atoms with Crippen molar-refractivity contribution >= 4 is 23.5 Å². The number of nitrogens with one attached hydrogen (secondary N) is 1. The van der Waals surface area contributed by atoms with E-state index in [0.29, 0.717) is 30.2 Å². The number of nitrogens with two attached hydrogens (primary N) is 1. The number of fused-ring (bicyclic) bond motifs is 1. The largest absolute Gasteiger partial charge is 0.466 e. The van der Waals surface area contributed by atoms with Crippen LogP contribution >= 0.6 is 0 Å². The summed E-state index contributed by atoms with van der Waals surface area (Å²) in [6, 6.07) is 3.44. The molecule has 0 spiro atoms. The molecule has 2 amide bonds. The van der Waals surface area contributed by atoms with Crippen LogP contribution in [0.15, 0.2) is 24.5 Å². The van der Waals surface area contributed by atoms with Crippen LogP contribution in [-0.4, -0.2) is 51.4 Å². The highest BCUT2D eigenvalue weighted by Gasteiger charge is 2.28. The Kier molecular flexibility index (Phi) is 4.11. The van der Waals surface area contributed by atoms with Gasteiger partial charge in [-0.2, -0.15) is 0 Å². The number of pyridine rings is 1. The molecule has 1 atom stereocenters. The van der Waals surface area contributed by atoms with E-state index in [9.17, 15) is 9.59 Å². The summed E-state index contributed by atoms with van der Waals surface area (Å²) < 4.78 is 5.23. The second-order valence-corrected chi connectivity index (χ2v) is 6.34. The monoisotopic (exact) mass is 354 g/mol. The third-order valence-corrected chi connectivity index (χ3v) is 4.53. The first-order valence-electron chi connectivity index (χ1n) is 8.40. The Balaban J connectivity index is 1.53. The first kappa shape index (κ1) is 16.2. The molecule has 134 valence electrons. The number of amides is 2. The van der Waals surface area contributed by atoms with E-state index in [0.717, 1.165) is 18.5 Å². The molecule has 2 aliphatic heterocycles. The van der Waals surface area contributed by atoms with Gasteiger partial charge in [-0.05, 0) is 25.0 Å². The summed E-state index contributed by atoms with van der Waals surface area (Å²) in [6.45, 7) is 1.15. The third-order valence-electron chi connectivity index (χ3n) is 4.53. The Hall–Kier alpha value is -3.23. The highest BCUT2D eigenvalue weighted by molar-refractivity contribution is 5.99. The minimum absolute atomic E-state index is 0.0663. The number of nitrogens with zero attached hydrogens (tertiary/aromatic N) is 4. The van der Waals surface area contributed by atoms with Crippen molar-refractivity contribution in [1.82, 2.24) is 19.9 Å². The number of likely N-dealkylation sites (tertiary alicyclic amines) is 1. The van der Waals surface area contributed by atoms with Crippen molar-refractivity contribution in [3.63, 3.8) is 0 Å². The maximum Gasteiger partial charge on any atom is 0.262 e. The van der Waals surface area contributed by atoms with E-state index in [1.54, 1.807) is 17.2 Å². The molecule has 0 aliphatic carbocycles. The van der Waals surface area contributed by atoms with Crippen LogP contribution in [0.5, 0.6) is 5.88 Å². The molecule has 1 unspecified atom stereocenters. The van der Waals surface area contributed by atoms with Crippen molar-refractivity contribution in [3.05, 3.63) is 35.8 Å². The summed E-state index contributed by atoms with van der Waals surface area (Å²) in [5.74, 6) is 0.288. The number of carbonyl (C=O) groups excluding carboxylic acids is 2. The fourth-order valence-corrected chi connectivity index (χ4v) is 3.30. The van der Waals surface area contributed by atoms with Gasteiger partial charge in [0.1, 0.15) is 5.69 Å². The Morgan fingerprint density at radius 1 is 1.38 bits per heavy atom. The summed E-state index contributed by atoms with van der Waals surface area (Å²) in [5, 5.41) is 2.67. The molecule has 4 heterocycles. The molecule has 4 rings (SSSR count). The molecular formula is C17H18N6O3. The fraction of sp³-hybridized carbons (Fsp3) is 0.353. The van der Waals surface area contributed by atoms with Crippen LogP contribution in [0.1, 0.15) is 34.8 Å². The highest BCUT2D eigenvalue weighted by atomic mass is 16.5. The molecule has 9 nitrogen and oxygen atoms in total. The fourth-order valence-electron chi connectivity index (χ4n) is 3.30. The first-order chi connectivity index (χ1) is 12.6. The van der Waals surface area contributed by atoms with E-state index >= 15 is 0 Å². The summed E-state index contributed by atoms with van der Waals surface area (Å²) >= 11 is 0. The lowest BCUT2D eigenvalue weighted by Crippen LogP contribution is -2.39. The number of aromatic nitrogens is 3. The number of hydrogen-bond acceptors (Lipinski definition) is 7. The zero-order chi connectivity index (χ0) is 18.1. The minimum atomic E-state index is -0.261. The maximum absolute atomic E-state index is 12.9. The lowest BCUT2D eigenvalue weighted by Gasteiger charge is -2.32. The molecule has 0 saturated carbocycles. The van der Waals surface area contributed by atoms with Gasteiger partial charge >= 0.3 is 0 Å². The topological polar surface area (TPSA) is 123 Å². The van der Waals surface area contributed by atoms with Gasteiger partial charge in [0.25, 0.3) is 11.8 Å². The van der Waals surface area contributed by atoms with Gasteiger partial charge in [0.05, 0.1) is 11.3 Å². The average Bonchev–Trinajstić information content (AvgIpc) is 2.67. The Labute approximate surface area is 149 Å². The van der Waals surface area contributed by atoms with Crippen LogP contribution in [-0.2, 0) is 4.79 Å². The van der Waals surface area contributed by atoms with Crippen molar-refractivity contribution < 1.29 is 14.3 Å². The molecule has 9 heteroatoms. The number of nitrogen functional groups attached to an aromatic ring is 1. The van der Waals surface area contributed by atoms with Crippen molar-refractivity contribution in [2.45, 2.75) is 18.8 Å². The second kappa shape index (κ2) is 6.58. The SMILES string of the molecule is Nc1nccc(C2CCCN(C(=O)c3cnc4c(c3)NC(=O)CO4)C2)n1. The van der Waals surface area contributed by atoms with Gasteiger partial charge in [0, 0.05) is 31.4 Å². The van der Waals surface area contributed by atoms with Gasteiger partial charge in [-0.15, -0.1) is 0 Å². The molecule has 0 aromatic carbocycles. The summed E-state index contributed by atoms with van der Waals surface area (Å²) in [7, 11) is 0. The quantitative estimate of drug-likeness (QED) is 0.817. The van der Waals surface area contributed by atoms with Crippen molar-refractivity contribution in [1.29, 1.82) is 0 Å². The van der Waals surface area contributed by atoms with E-state index in [1.165, 1.54) is 6.20 Å². The second-order valence-electron chi connectivity index (χ2n) is 6.34. The van der Waals surface area contributed by atoms with Crippen LogP contribution in [0.25, 0.3) is 0 Å². The Morgan fingerprint density at radius 3 is 3.12 bits per heavy atom. The van der Waals surface area contributed by atoms with Crippen LogP contribution in [0.3, 0.4) is 0 Å². The predicted molar refractivity (Wildman–Crippen MR) is 92.7 cm³/mol. The molecule has 2 aliphatic rings. The average molecular weight is 354 g/mol. The van der Waals surface area contributed by atoms with Crippen molar-refractivity contribution in [2.24, 2.45) is 0 Å². The molecule has 26 heavy (non-hydrogen) atoms. The molecule has 2 aromatic rings. The molecular weight excluding hydrogens is 336 g/mol. The number of piperidine rings is 1. The summed E-state index contributed by atoms with van der Waals surface area (Å²) in [6.07, 6.45) is 4.92. The molecule has 0 radical (unpaired) electrons. The Bertz CT molecular complexity index is 871. The normalized spacial score (nSPS) is 19.3. The number of hydrogen-bond donors (Lipinski definition) is 2. The smallest absolute Gasteiger partial charge is 0.262 e. The van der Waals surface area contributed by atoms with Crippen LogP contribution < -0.4 is 15.8 Å². The summed E-state index contributed by atoms with van der Waals surface area (Å²) in [5.41, 5.74) is 7.35. The molecule has 1 saturated heterocycles. The van der Waals surface area contributed by atoms with Crippen molar-refractivity contribution in [3.8, 4) is 5.88 Å². The Morgan fingerprint density at radius 2 is 2.27 bits per heavy atom. The van der Waals surface area contributed by atoms with E-state index in [-0.39, 0.29) is 30.3 Å². The van der Waals surface area contributed by atoms with Crippen LogP contribution in [0.4, 0.5) is 11.6 Å². The van der Waals surface area contributed by atoms with Gasteiger partial charge in [-0.3, -0.25) is 9.59 Å². The lowest BCUT2D eigenvalue weighted by atomic mass is 9.94. The van der Waals surface area contributed by atoms with Crippen LogP contribution in [0, 0.1) is 0 Å². The third kappa shape index (κ3) is 3.15. The number of anilines is 2. The number of rotatable bonds is 2. The molecule has 0 bridgehead atoms. The zero-order valence-corrected chi connectivity index (χ0v) is 14.0. The first-order valence-corrected chi connectivity index (χ1v) is 8.40. The lowest BCUT2D eigenvalue weighted by molar-refractivity contribution is -0.118. The highest BCUT2D eigenvalue weighted by Crippen LogP contribution is 2.29. The van der Waals surface area contributed by atoms with Crippen molar-refractivity contribution in [2.75, 3.05) is 30.7 Å². The van der Waals surface area contributed by atoms with E-state index in [2.05, 4.69) is 20.3 Å². The standard InChI is InChI=1S/C17H18N6O3/c18-17-19-4-3-12(22-17)10-2-1-5-23(8-10)16(25)11-6-13-15(20-7-11)26-9-14(24)21-13/h3-4,6-7,10H,1-2,5,8-9H2,(H,21,24)(H2,18,19,22). The van der Waals surface area contributed by atoms with E-state index in [1.807, 2.05) is 6.07 Å². The van der Waals surface area contributed by atoms with Gasteiger partial charge in [0.2, 0.25) is 11.8 Å². The number of carbonyl (C=O) groups is 2. The zero-order valence-electron chi connectivity index (χ0n) is 14.0.